The van der Waals surface area contributed by atoms with Gasteiger partial charge in [0.1, 0.15) is 11.4 Å². The van der Waals surface area contributed by atoms with E-state index in [2.05, 4.69) is 5.32 Å². The predicted molar refractivity (Wildman–Crippen MR) is 77.0 cm³/mol. The summed E-state index contributed by atoms with van der Waals surface area (Å²) in [5.41, 5.74) is -0.186. The summed E-state index contributed by atoms with van der Waals surface area (Å²) in [7, 11) is 0. The maximum atomic E-state index is 13.3. The highest BCUT2D eigenvalue weighted by Crippen LogP contribution is 2.35. The Kier molecular flexibility index (Phi) is 4.63. The van der Waals surface area contributed by atoms with E-state index in [4.69, 9.17) is 4.74 Å². The summed E-state index contributed by atoms with van der Waals surface area (Å²) in [6, 6.07) is 6.19. The van der Waals surface area contributed by atoms with Crippen LogP contribution in [0, 0.1) is 11.7 Å². The molecular formula is C16H22FNO2. The maximum absolute atomic E-state index is 13.3. The van der Waals surface area contributed by atoms with Gasteiger partial charge in [0.2, 0.25) is 0 Å². The molecular weight excluding hydrogens is 257 g/mol. The summed E-state index contributed by atoms with van der Waals surface area (Å²) in [5, 5.41) is 3.17. The number of carbonyl (C=O) groups is 1. The predicted octanol–water partition coefficient (Wildman–Crippen LogP) is 3.75. The SMILES string of the molecule is CCOC(=O)C(C)(CC1CCC1)Nc1cccc(F)c1. The smallest absolute Gasteiger partial charge is 0.331 e. The Bertz CT molecular complexity index is 473. The fourth-order valence-electron chi connectivity index (χ4n) is 2.63. The number of carbonyl (C=O) groups excluding carboxylic acids is 1. The molecule has 1 aliphatic rings. The van der Waals surface area contributed by atoms with E-state index in [1.165, 1.54) is 18.6 Å². The van der Waals surface area contributed by atoms with E-state index in [1.807, 2.05) is 6.92 Å². The third-order valence-corrected chi connectivity index (χ3v) is 3.89. The van der Waals surface area contributed by atoms with Crippen molar-refractivity contribution in [3.8, 4) is 0 Å². The number of hydrogen-bond donors (Lipinski definition) is 1. The molecule has 0 amide bonds. The second-order valence-electron chi connectivity index (χ2n) is 5.69. The van der Waals surface area contributed by atoms with E-state index >= 15 is 0 Å². The minimum Gasteiger partial charge on any atom is -0.464 e. The summed E-state index contributed by atoms with van der Waals surface area (Å²) in [6.45, 7) is 3.99. The summed E-state index contributed by atoms with van der Waals surface area (Å²) in [6.07, 6.45) is 4.26. The average molecular weight is 279 g/mol. The second kappa shape index (κ2) is 6.25. The third-order valence-electron chi connectivity index (χ3n) is 3.89. The Balaban J connectivity index is 2.14. The molecule has 1 atom stereocenters. The molecule has 0 heterocycles. The lowest BCUT2D eigenvalue weighted by Gasteiger charge is -2.36. The van der Waals surface area contributed by atoms with Crippen LogP contribution in [-0.4, -0.2) is 18.1 Å². The van der Waals surface area contributed by atoms with Crippen LogP contribution in [0.1, 0.15) is 39.5 Å². The van der Waals surface area contributed by atoms with Crippen LogP contribution in [0.25, 0.3) is 0 Å². The number of ether oxygens (including phenoxy) is 1. The van der Waals surface area contributed by atoms with Gasteiger partial charge in [0.15, 0.2) is 0 Å². The Morgan fingerprint density at radius 1 is 1.50 bits per heavy atom. The quantitative estimate of drug-likeness (QED) is 0.806. The topological polar surface area (TPSA) is 38.3 Å². The first-order valence-electron chi connectivity index (χ1n) is 7.24. The van der Waals surface area contributed by atoms with Gasteiger partial charge in [-0.2, -0.15) is 0 Å². The molecule has 0 radical (unpaired) electrons. The van der Waals surface area contributed by atoms with Gasteiger partial charge in [-0.15, -0.1) is 0 Å². The van der Waals surface area contributed by atoms with Gasteiger partial charge in [-0.1, -0.05) is 25.3 Å². The van der Waals surface area contributed by atoms with Crippen LogP contribution in [0.3, 0.4) is 0 Å². The maximum Gasteiger partial charge on any atom is 0.331 e. The molecule has 0 bridgehead atoms. The number of rotatable bonds is 6. The highest BCUT2D eigenvalue weighted by molar-refractivity contribution is 5.84. The van der Waals surface area contributed by atoms with E-state index in [-0.39, 0.29) is 11.8 Å². The van der Waals surface area contributed by atoms with Crippen molar-refractivity contribution >= 4 is 11.7 Å². The van der Waals surface area contributed by atoms with Gasteiger partial charge in [-0.3, -0.25) is 0 Å². The van der Waals surface area contributed by atoms with E-state index in [0.717, 1.165) is 19.3 Å². The molecule has 0 aromatic heterocycles. The lowest BCUT2D eigenvalue weighted by molar-refractivity contribution is -0.148. The first-order valence-corrected chi connectivity index (χ1v) is 7.24. The lowest BCUT2D eigenvalue weighted by atomic mass is 9.76. The van der Waals surface area contributed by atoms with E-state index in [0.29, 0.717) is 18.2 Å². The number of anilines is 1. The summed E-state index contributed by atoms with van der Waals surface area (Å²) in [5.74, 6) is -0.0357. The molecule has 3 nitrogen and oxygen atoms in total. The van der Waals surface area contributed by atoms with Crippen molar-refractivity contribution in [1.82, 2.24) is 0 Å². The van der Waals surface area contributed by atoms with Crippen LogP contribution in [0.15, 0.2) is 24.3 Å². The molecule has 1 N–H and O–H groups in total. The normalized spacial score (nSPS) is 17.9. The molecule has 1 aliphatic carbocycles. The highest BCUT2D eigenvalue weighted by atomic mass is 19.1. The van der Waals surface area contributed by atoms with Gasteiger partial charge in [-0.25, -0.2) is 9.18 Å². The third kappa shape index (κ3) is 3.50. The van der Waals surface area contributed by atoms with Gasteiger partial charge in [0.25, 0.3) is 0 Å². The molecule has 4 heteroatoms. The first kappa shape index (κ1) is 14.8. The summed E-state index contributed by atoms with van der Waals surface area (Å²) < 4.78 is 18.5. The van der Waals surface area contributed by atoms with Crippen LogP contribution < -0.4 is 5.32 Å². The molecule has 0 spiro atoms. The summed E-state index contributed by atoms with van der Waals surface area (Å²) in [4.78, 5) is 12.3. The Morgan fingerprint density at radius 3 is 2.80 bits per heavy atom. The van der Waals surface area contributed by atoms with Gasteiger partial charge in [0, 0.05) is 5.69 Å². The molecule has 0 saturated heterocycles. The van der Waals surface area contributed by atoms with E-state index in [1.54, 1.807) is 19.1 Å². The number of hydrogen-bond acceptors (Lipinski definition) is 3. The van der Waals surface area contributed by atoms with Crippen LogP contribution in [-0.2, 0) is 9.53 Å². The molecule has 1 saturated carbocycles. The van der Waals surface area contributed by atoms with Crippen LogP contribution >= 0.6 is 0 Å². The second-order valence-corrected chi connectivity index (χ2v) is 5.69. The molecule has 1 fully saturated rings. The van der Waals surface area contributed by atoms with Crippen molar-refractivity contribution in [3.05, 3.63) is 30.1 Å². The van der Waals surface area contributed by atoms with E-state index < -0.39 is 5.54 Å². The average Bonchev–Trinajstić information content (AvgIpc) is 2.34. The zero-order chi connectivity index (χ0) is 14.6. The van der Waals surface area contributed by atoms with E-state index in [9.17, 15) is 9.18 Å². The van der Waals surface area contributed by atoms with Crippen LogP contribution in [0.5, 0.6) is 0 Å². The van der Waals surface area contributed by atoms with Crippen molar-refractivity contribution in [2.24, 2.45) is 5.92 Å². The fourth-order valence-corrected chi connectivity index (χ4v) is 2.63. The molecule has 0 aliphatic heterocycles. The zero-order valence-corrected chi connectivity index (χ0v) is 12.1. The highest BCUT2D eigenvalue weighted by Gasteiger charge is 2.38. The standard InChI is InChI=1S/C16H22FNO2/c1-3-20-15(19)16(2,11-12-6-4-7-12)18-14-9-5-8-13(17)10-14/h5,8-10,12,18H,3-4,6-7,11H2,1-2H3. The zero-order valence-electron chi connectivity index (χ0n) is 12.1. The largest absolute Gasteiger partial charge is 0.464 e. The number of esters is 1. The molecule has 1 unspecified atom stereocenters. The van der Waals surface area contributed by atoms with Crippen molar-refractivity contribution in [2.75, 3.05) is 11.9 Å². The van der Waals surface area contributed by atoms with Gasteiger partial charge < -0.3 is 10.1 Å². The van der Waals surface area contributed by atoms with Crippen molar-refractivity contribution in [3.63, 3.8) is 0 Å². The number of halogens is 1. The molecule has 1 aromatic carbocycles. The van der Waals surface area contributed by atoms with Crippen LogP contribution in [0.2, 0.25) is 0 Å². The molecule has 110 valence electrons. The minimum absolute atomic E-state index is 0.267. The Hall–Kier alpha value is -1.58. The van der Waals surface area contributed by atoms with Crippen LogP contribution in [0.4, 0.5) is 10.1 Å². The number of benzene rings is 1. The van der Waals surface area contributed by atoms with Gasteiger partial charge in [-0.05, 0) is 44.4 Å². The van der Waals surface area contributed by atoms with Gasteiger partial charge in [0.05, 0.1) is 6.61 Å². The minimum atomic E-state index is -0.797. The Labute approximate surface area is 119 Å². The monoisotopic (exact) mass is 279 g/mol. The van der Waals surface area contributed by atoms with Gasteiger partial charge >= 0.3 is 5.97 Å². The number of nitrogens with one attached hydrogen (secondary N) is 1. The lowest BCUT2D eigenvalue weighted by Crippen LogP contribution is -2.47. The Morgan fingerprint density at radius 2 is 2.25 bits per heavy atom. The molecule has 2 rings (SSSR count). The first-order chi connectivity index (χ1) is 9.53. The summed E-state index contributed by atoms with van der Waals surface area (Å²) >= 11 is 0. The fraction of sp³-hybridized carbons (Fsp3) is 0.562. The van der Waals surface area contributed by atoms with Crippen molar-refractivity contribution < 1.29 is 13.9 Å². The molecule has 20 heavy (non-hydrogen) atoms. The molecule has 1 aromatic rings. The van der Waals surface area contributed by atoms with Crippen molar-refractivity contribution in [2.45, 2.75) is 45.1 Å². The van der Waals surface area contributed by atoms with Crippen molar-refractivity contribution in [1.29, 1.82) is 0 Å².